The fraction of sp³-hybridized carbons (Fsp3) is 0.467. The Hall–Kier alpha value is -0.882. The molecule has 0 unspecified atom stereocenters. The topological polar surface area (TPSA) is 158 Å². The first-order valence-electron chi connectivity index (χ1n) is 6.82. The number of hydrogen-bond acceptors (Lipinski definition) is 8. The summed E-state index contributed by atoms with van der Waals surface area (Å²) in [6.07, 6.45) is 0. The number of nitrogens with one attached hydrogen (secondary N) is 1. The molecule has 0 saturated carbocycles. The summed E-state index contributed by atoms with van der Waals surface area (Å²) < 4.78 is 0. The Morgan fingerprint density at radius 3 is 0.933 bits per heavy atom. The fourth-order valence-corrected chi connectivity index (χ4v) is 2.99. The van der Waals surface area contributed by atoms with E-state index in [-0.39, 0.29) is 95.2 Å². The van der Waals surface area contributed by atoms with Gasteiger partial charge in [-0.15, -0.1) is 0 Å². The molecule has 162 valence electrons. The van der Waals surface area contributed by atoms with Gasteiger partial charge in [-0.3, -0.25) is 58.4 Å². The summed E-state index contributed by atoms with van der Waals surface area (Å²) in [7, 11) is 3.72. The molecule has 0 bridgehead atoms. The Labute approximate surface area is 230 Å². The van der Waals surface area contributed by atoms with Gasteiger partial charge in [-0.25, -0.2) is 0 Å². The zero-order valence-corrected chi connectivity index (χ0v) is 21.4. The van der Waals surface area contributed by atoms with E-state index in [4.69, 9.17) is 0 Å². The van der Waals surface area contributed by atoms with Crippen LogP contribution in [-0.4, -0.2) is 83.1 Å². The Bertz CT molecular complexity index is 780. The molecule has 12 nitrogen and oxygen atoms in total. The average Bonchev–Trinajstić information content (AvgIpc) is 2.61. The first-order valence-corrected chi connectivity index (χ1v) is 6.82. The molecule has 30 heavy (non-hydrogen) atoms. The number of carbonyl (C=O) groups is 8. The third-order valence-corrected chi connectivity index (χ3v) is 4.66. The molecule has 4 rings (SSSR count). The van der Waals surface area contributed by atoms with E-state index in [1.807, 2.05) is 5.32 Å². The van der Waals surface area contributed by atoms with Crippen molar-refractivity contribution in [2.75, 3.05) is 21.1 Å². The summed E-state index contributed by atoms with van der Waals surface area (Å²) in [5.74, 6) is -5.95. The molecule has 0 aromatic rings. The van der Waals surface area contributed by atoms with Crippen LogP contribution in [0.5, 0.6) is 0 Å². The molecule has 0 aromatic carbocycles. The van der Waals surface area contributed by atoms with Crippen LogP contribution in [0.25, 0.3) is 0 Å². The van der Waals surface area contributed by atoms with Crippen LogP contribution >= 0.6 is 13.5 Å². The summed E-state index contributed by atoms with van der Waals surface area (Å²) in [5.41, 5.74) is -3.97. The second kappa shape index (κ2) is 10.2. The van der Waals surface area contributed by atoms with Gasteiger partial charge in [-0.2, -0.15) is 13.5 Å². The van der Waals surface area contributed by atoms with Crippen LogP contribution in [0, 0.1) is 10.8 Å². The molecule has 0 aliphatic carbocycles. The molecular weight excluding hydrogens is 574 g/mol. The van der Waals surface area contributed by atoms with E-state index < -0.39 is 58.1 Å². The maximum atomic E-state index is 11.2. The maximum absolute atomic E-state index is 11.2. The summed E-state index contributed by atoms with van der Waals surface area (Å²) in [6, 6.07) is 0. The van der Waals surface area contributed by atoms with Crippen molar-refractivity contribution in [1.29, 1.82) is 0 Å². The minimum atomic E-state index is -1.99. The SMILES string of the molecule is C.C.CN1C(=O)C2(C(=O)NC2=O)C1=O.CN1C(=O)C2(C1=O)C(=O)N(C)C2=O.S.[3HH].[Y].[Y]. The molecule has 1 N–H and O–H groups in total. The van der Waals surface area contributed by atoms with E-state index in [1.165, 1.54) is 21.1 Å². The second-order valence-corrected chi connectivity index (χ2v) is 5.79. The minimum Gasteiger partial charge on any atom is -0.293 e. The Morgan fingerprint density at radius 2 is 0.767 bits per heavy atom. The Morgan fingerprint density at radius 1 is 0.567 bits per heavy atom. The zero-order valence-electron chi connectivity index (χ0n) is 14.8. The van der Waals surface area contributed by atoms with Gasteiger partial charge in [0.25, 0.3) is 58.1 Å². The van der Waals surface area contributed by atoms with Crippen LogP contribution in [0.4, 0.5) is 0 Å². The number of nitrogens with zero attached hydrogens (tertiary/aromatic N) is 3. The molecule has 2 radical (unpaired) electrons. The number of likely N-dealkylation sites (tertiary alicyclic amines) is 3. The quantitative estimate of drug-likeness (QED) is 0.232. The molecule has 4 fully saturated rings. The van der Waals surface area contributed by atoms with Gasteiger partial charge in [0.2, 0.25) is 0 Å². The van der Waals surface area contributed by atoms with Crippen LogP contribution in [0.1, 0.15) is 16.3 Å². The third kappa shape index (κ3) is 3.28. The molecular formula is C15H22N4O8SY2. The van der Waals surface area contributed by atoms with Gasteiger partial charge in [-0.1, -0.05) is 14.9 Å². The second-order valence-electron chi connectivity index (χ2n) is 5.79. The van der Waals surface area contributed by atoms with Gasteiger partial charge >= 0.3 is 0 Å². The molecule has 4 aliphatic rings. The van der Waals surface area contributed by atoms with E-state index in [0.717, 1.165) is 14.7 Å². The van der Waals surface area contributed by atoms with Gasteiger partial charge in [0.15, 0.2) is 0 Å². The first kappa shape index (κ1) is 33.7. The molecule has 4 saturated heterocycles. The molecule has 8 amide bonds. The van der Waals surface area contributed by atoms with Gasteiger partial charge in [-0.05, 0) is 0 Å². The average molecular weight is 598 g/mol. The summed E-state index contributed by atoms with van der Waals surface area (Å²) in [6.45, 7) is 0. The van der Waals surface area contributed by atoms with E-state index >= 15 is 0 Å². The van der Waals surface area contributed by atoms with Crippen LogP contribution in [0.2, 0.25) is 0 Å². The van der Waals surface area contributed by atoms with E-state index in [9.17, 15) is 38.4 Å². The standard InChI is InChI=1S/C7H6N2O4.C6H4N2O4.2CH4.H2S.2Y.H2/c1-8-3(10)7(4(8)11)5(12)9(2)6(7)13;1-8-4(11)6(5(8)12)2(9)7-3(6)10;;;;;;/h1-2H3;1H3,(H,7,9,10);2*1H4;1H2;;;1H/i;;;;;;;1+2. The van der Waals surface area contributed by atoms with Gasteiger partial charge in [0.1, 0.15) is 0 Å². The first-order chi connectivity index (χ1) is 11.5. The van der Waals surface area contributed by atoms with Gasteiger partial charge < -0.3 is 0 Å². The molecule has 0 aromatic heterocycles. The predicted octanol–water partition coefficient (Wildman–Crippen LogP) is -2.78. The van der Waals surface area contributed by atoms with Crippen LogP contribution < -0.4 is 5.32 Å². The number of amides is 8. The molecule has 0 atom stereocenters. The van der Waals surface area contributed by atoms with Crippen molar-refractivity contribution < 1.29 is 105 Å². The number of hydrogen-bond donors (Lipinski definition) is 1. The van der Waals surface area contributed by atoms with Crippen molar-refractivity contribution in [3.05, 3.63) is 0 Å². The largest absolute Gasteiger partial charge is 0.293 e. The number of carbonyl (C=O) groups excluding carboxylic acids is 8. The summed E-state index contributed by atoms with van der Waals surface area (Å²) in [5, 5.41) is 1.83. The molecule has 2 spiro atoms. The van der Waals surface area contributed by atoms with Gasteiger partial charge in [0.05, 0.1) is 0 Å². The van der Waals surface area contributed by atoms with Crippen LogP contribution in [0.15, 0.2) is 0 Å². The maximum Gasteiger partial charge on any atom is 0.284 e. The predicted molar refractivity (Wildman–Crippen MR) is 97.3 cm³/mol. The van der Waals surface area contributed by atoms with Gasteiger partial charge in [0, 0.05) is 88.0 Å². The summed E-state index contributed by atoms with van der Waals surface area (Å²) >= 11 is 0. The Kier molecular flexibility index (Phi) is 11.4. The van der Waals surface area contributed by atoms with Crippen molar-refractivity contribution >= 4 is 60.8 Å². The van der Waals surface area contributed by atoms with Crippen molar-refractivity contribution in [3.63, 3.8) is 0 Å². The van der Waals surface area contributed by atoms with Crippen molar-refractivity contribution in [2.45, 2.75) is 14.9 Å². The van der Waals surface area contributed by atoms with E-state index in [2.05, 4.69) is 0 Å². The van der Waals surface area contributed by atoms with Crippen molar-refractivity contribution in [3.8, 4) is 0 Å². The van der Waals surface area contributed by atoms with Crippen LogP contribution in [-0.2, 0) is 104 Å². The van der Waals surface area contributed by atoms with Crippen molar-refractivity contribution in [2.24, 2.45) is 10.8 Å². The summed E-state index contributed by atoms with van der Waals surface area (Å²) in [4.78, 5) is 90.7. The van der Waals surface area contributed by atoms with Crippen LogP contribution in [0.3, 0.4) is 0 Å². The van der Waals surface area contributed by atoms with E-state index in [0.29, 0.717) is 0 Å². The zero-order chi connectivity index (χ0) is 19.1. The number of imide groups is 4. The normalized spacial score (nSPS) is 21.0. The van der Waals surface area contributed by atoms with E-state index in [1.54, 1.807) is 0 Å². The molecule has 4 heterocycles. The molecule has 4 aliphatic heterocycles. The number of rotatable bonds is 0. The minimum absolute atomic E-state index is 0. The Balaban J connectivity index is -0.000000197. The third-order valence-electron chi connectivity index (χ3n) is 4.66. The number of β-lactam (4-membered cyclic amide) rings is 8. The van der Waals surface area contributed by atoms with Crippen molar-refractivity contribution in [1.82, 2.24) is 20.0 Å². The fourth-order valence-electron chi connectivity index (χ4n) is 2.99. The molecule has 15 heteroatoms. The smallest absolute Gasteiger partial charge is 0.284 e. The monoisotopic (exact) mass is 598 g/mol.